The van der Waals surface area contributed by atoms with Crippen LogP contribution < -0.4 is 27.0 Å². The summed E-state index contributed by atoms with van der Waals surface area (Å²) in [4.78, 5) is 129. The van der Waals surface area contributed by atoms with E-state index >= 15 is 0 Å². The molecule has 1 aromatic carbocycles. The Hall–Kier alpha value is -8.39. The molecule has 0 saturated heterocycles. The van der Waals surface area contributed by atoms with Crippen molar-refractivity contribution in [1.29, 1.82) is 0 Å². The summed E-state index contributed by atoms with van der Waals surface area (Å²) >= 11 is 7.84. The Labute approximate surface area is 528 Å². The van der Waals surface area contributed by atoms with Gasteiger partial charge in [0.25, 0.3) is 17.7 Å². The number of nitrogens with two attached hydrogens (primary N) is 1. The first kappa shape index (κ1) is 64.1. The number of carbonyl (C=O) groups is 7. The first-order valence-corrected chi connectivity index (χ1v) is 32.7. The second-order valence-corrected chi connectivity index (χ2v) is 26.1. The number of carboxylic acid groups (broad SMARTS) is 2. The van der Waals surface area contributed by atoms with Crippen molar-refractivity contribution >= 4 is 109 Å². The van der Waals surface area contributed by atoms with Gasteiger partial charge in [-0.05, 0) is 56.2 Å². The smallest absolute Gasteiger partial charge is 0.303 e. The fourth-order valence-electron chi connectivity index (χ4n) is 9.03. The van der Waals surface area contributed by atoms with E-state index in [1.54, 1.807) is 40.5 Å². The first-order valence-electron chi connectivity index (χ1n) is 27.6. The second kappa shape index (κ2) is 29.5. The molecule has 8 N–H and O–H groups in total. The predicted molar refractivity (Wildman–Crippen MR) is 336 cm³/mol. The number of aryl methyl sites for hydroxylation is 5. The van der Waals surface area contributed by atoms with E-state index in [1.807, 2.05) is 54.3 Å². The number of imidazole rings is 1. The van der Waals surface area contributed by atoms with Crippen molar-refractivity contribution in [1.82, 2.24) is 65.7 Å². The highest BCUT2D eigenvalue weighted by atomic mass is 32.1. The van der Waals surface area contributed by atoms with Crippen LogP contribution in [0, 0.1) is 12.8 Å². The summed E-state index contributed by atoms with van der Waals surface area (Å²) in [7, 11) is 2.94. The lowest BCUT2D eigenvalue weighted by Gasteiger charge is -2.20. The maximum absolute atomic E-state index is 14.4. The van der Waals surface area contributed by atoms with Crippen molar-refractivity contribution in [3.8, 4) is 49.2 Å². The van der Waals surface area contributed by atoms with Crippen LogP contribution in [0.3, 0.4) is 0 Å². The fourth-order valence-corrected chi connectivity index (χ4v) is 14.5. The van der Waals surface area contributed by atoms with Gasteiger partial charge in [0.05, 0.1) is 52.9 Å². The molecule has 0 bridgehead atoms. The van der Waals surface area contributed by atoms with Crippen molar-refractivity contribution in [2.45, 2.75) is 97.2 Å². The summed E-state index contributed by atoms with van der Waals surface area (Å²) in [6.07, 6.45) is 4.57. The number of ether oxygens (including phenoxy) is 1. The Morgan fingerprint density at radius 1 is 0.682 bits per heavy atom. The van der Waals surface area contributed by atoms with Crippen molar-refractivity contribution in [2.24, 2.45) is 11.7 Å². The SMILES string of the molecule is CNC(=O)C[C@H](NC(=O)c1csc(-c2ccc(-c3nc(-n4cc(CCCC(=O)O)nc4CCCC(=O)O)cs3)nc2-c2csc(-c3csc(CCc4ccccc4)n3)n2)n1)c1nc(C(=O)NC(c2nc(C(=O)NCC(N)=O)c(COC)s2)C(C)C)c(C)s1. The quantitative estimate of drug-likeness (QED) is 0.0221. The van der Waals surface area contributed by atoms with Crippen LogP contribution in [0.4, 0.5) is 0 Å². The fraction of sp³-hybridized carbons (Fsp3) is 0.328. The zero-order valence-electron chi connectivity index (χ0n) is 48.2. The number of carbonyl (C=O) groups excluding carboxylic acids is 5. The summed E-state index contributed by atoms with van der Waals surface area (Å²) in [6.45, 7) is 5.11. The highest BCUT2D eigenvalue weighted by molar-refractivity contribution is 7.15. The first-order chi connectivity index (χ1) is 42.3. The highest BCUT2D eigenvalue weighted by Crippen LogP contribution is 2.39. The van der Waals surface area contributed by atoms with Gasteiger partial charge in [-0.3, -0.25) is 38.1 Å². The third kappa shape index (κ3) is 16.2. The maximum Gasteiger partial charge on any atom is 0.303 e. The number of hydrogen-bond donors (Lipinski definition) is 7. The van der Waals surface area contributed by atoms with Gasteiger partial charge in [-0.2, -0.15) is 0 Å². The number of nitrogens with one attached hydrogen (secondary N) is 4. The Morgan fingerprint density at radius 2 is 1.40 bits per heavy atom. The average molecular weight is 1310 g/mol. The van der Waals surface area contributed by atoms with Crippen LogP contribution >= 0.6 is 68.0 Å². The minimum absolute atomic E-state index is 0.0244. The molecule has 1 unspecified atom stereocenters. The van der Waals surface area contributed by atoms with Gasteiger partial charge < -0.3 is 42.0 Å². The van der Waals surface area contributed by atoms with Crippen LogP contribution in [-0.4, -0.2) is 117 Å². The zero-order chi connectivity index (χ0) is 62.6. The van der Waals surface area contributed by atoms with Crippen LogP contribution in [0.25, 0.3) is 49.2 Å². The molecule has 30 heteroatoms. The molecule has 0 aliphatic heterocycles. The molecule has 8 heterocycles. The molecule has 0 aliphatic carbocycles. The molecule has 9 rings (SSSR count). The number of carboxylic acids is 2. The molecular formula is C58H60N14O10S6. The molecule has 0 spiro atoms. The molecule has 2 atom stereocenters. The van der Waals surface area contributed by atoms with Crippen LogP contribution in [0.2, 0.25) is 0 Å². The summed E-state index contributed by atoms with van der Waals surface area (Å²) < 4.78 is 7.12. The number of aromatic nitrogens is 9. The molecule has 9 aromatic rings. The third-order valence-electron chi connectivity index (χ3n) is 13.4. The maximum atomic E-state index is 14.4. The summed E-state index contributed by atoms with van der Waals surface area (Å²) in [5, 5.41) is 40.3. The van der Waals surface area contributed by atoms with E-state index in [2.05, 4.69) is 38.4 Å². The number of thiazole rings is 6. The predicted octanol–water partition coefficient (Wildman–Crippen LogP) is 8.68. The number of amides is 5. The Morgan fingerprint density at radius 3 is 2.12 bits per heavy atom. The number of hydrogen-bond acceptors (Lipinski definition) is 22. The normalized spacial score (nSPS) is 12.0. The zero-order valence-corrected chi connectivity index (χ0v) is 53.0. The molecule has 88 heavy (non-hydrogen) atoms. The van der Waals surface area contributed by atoms with Crippen LogP contribution in [0.1, 0.15) is 131 Å². The van der Waals surface area contributed by atoms with Gasteiger partial charge in [0.1, 0.15) is 70.8 Å². The standard InChI is InChI=1S/C58H60N14O10S6/c1-29(2)47(58-71-50(39(88-58)24-82-5)52(80)61-22-40(59)73)69-53(81)48-30(3)87-57(70-48)35(21-43(74)60-4)65-51(79)37-26-84-54(67-37)33-18-19-34(55-68-42(28-86-55)72-23-32(13-9-15-45(75)76)62-41(72)14-10-16-46(77)78)64-49(33)36-25-85-56(66-36)38-27-83-44(63-38)20-17-31-11-7-6-8-12-31/h6-8,11-12,18-19,23,25-29,35,47H,9-10,13-17,20-22,24H2,1-5H3,(H2,59,73)(H,60,74)(H,61,80)(H,65,79)(H,69,81)(H,75,76)(H,77,78)/t35-,47?/m0/s1. The Bertz CT molecular complexity index is 3990. The molecule has 0 saturated carbocycles. The molecule has 0 radical (unpaired) electrons. The largest absolute Gasteiger partial charge is 0.481 e. The van der Waals surface area contributed by atoms with Crippen molar-refractivity contribution < 1.29 is 48.5 Å². The molecule has 24 nitrogen and oxygen atoms in total. The van der Waals surface area contributed by atoms with E-state index < -0.39 is 60.1 Å². The van der Waals surface area contributed by atoms with E-state index in [-0.39, 0.29) is 53.9 Å². The highest BCUT2D eigenvalue weighted by Gasteiger charge is 2.31. The summed E-state index contributed by atoms with van der Waals surface area (Å²) in [5.74, 6) is -3.86. The molecule has 0 aliphatic rings. The van der Waals surface area contributed by atoms with Gasteiger partial charge in [0.15, 0.2) is 0 Å². The van der Waals surface area contributed by atoms with Gasteiger partial charge in [-0.1, -0.05) is 44.2 Å². The van der Waals surface area contributed by atoms with Gasteiger partial charge in [0.2, 0.25) is 11.8 Å². The minimum atomic E-state index is -0.995. The Kier molecular flexibility index (Phi) is 21.5. The third-order valence-corrected chi connectivity index (χ3v) is 19.1. The van der Waals surface area contributed by atoms with Crippen LogP contribution in [0.5, 0.6) is 0 Å². The summed E-state index contributed by atoms with van der Waals surface area (Å²) in [5.41, 5.74) is 10.0. The Balaban J connectivity index is 0.993. The minimum Gasteiger partial charge on any atom is -0.481 e. The van der Waals surface area contributed by atoms with Crippen LogP contribution in [-0.2, 0) is 56.2 Å². The van der Waals surface area contributed by atoms with Gasteiger partial charge in [-0.15, -0.1) is 68.0 Å². The second-order valence-electron chi connectivity index (χ2n) is 20.3. The lowest BCUT2D eigenvalue weighted by molar-refractivity contribution is -0.138. The van der Waals surface area contributed by atoms with E-state index in [1.165, 1.54) is 65.1 Å². The molecule has 458 valence electrons. The van der Waals surface area contributed by atoms with Crippen molar-refractivity contribution in [3.05, 3.63) is 129 Å². The average Bonchev–Trinajstić information content (AvgIpc) is 2.25. The van der Waals surface area contributed by atoms with Gasteiger partial charge in [-0.25, -0.2) is 39.9 Å². The van der Waals surface area contributed by atoms with E-state index in [9.17, 15) is 43.8 Å². The van der Waals surface area contributed by atoms with E-state index in [4.69, 9.17) is 45.4 Å². The number of nitrogens with zero attached hydrogens (tertiary/aromatic N) is 9. The number of aliphatic carboxylic acids is 2. The van der Waals surface area contributed by atoms with Crippen molar-refractivity contribution in [2.75, 3.05) is 20.7 Å². The van der Waals surface area contributed by atoms with Gasteiger partial charge >= 0.3 is 11.9 Å². The lowest BCUT2D eigenvalue weighted by atomic mass is 10.0. The molecule has 0 fully saturated rings. The number of rotatable bonds is 30. The lowest BCUT2D eigenvalue weighted by Crippen LogP contribution is -2.34. The number of primary amides is 1. The summed E-state index contributed by atoms with van der Waals surface area (Å²) in [6, 6.07) is 12.2. The van der Waals surface area contributed by atoms with Crippen molar-refractivity contribution in [3.63, 3.8) is 0 Å². The molecule has 5 amide bonds. The van der Waals surface area contributed by atoms with Crippen LogP contribution in [0.15, 0.2) is 70.2 Å². The van der Waals surface area contributed by atoms with E-state index in [0.29, 0.717) is 95.4 Å². The molecule has 8 aromatic heterocycles. The van der Waals surface area contributed by atoms with Gasteiger partial charge in [0, 0.05) is 78.0 Å². The van der Waals surface area contributed by atoms with E-state index in [0.717, 1.165) is 34.9 Å². The molecular weight excluding hydrogens is 1250 g/mol. The number of benzene rings is 1. The monoisotopic (exact) mass is 1300 g/mol. The number of methoxy groups -OCH3 is 1. The number of pyridine rings is 1. The topological polar surface area (TPSA) is 351 Å².